The first-order valence-electron chi connectivity index (χ1n) is 8.11. The Morgan fingerprint density at radius 1 is 1.30 bits per heavy atom. The number of rotatable bonds is 5. The molecule has 0 aliphatic carbocycles. The Hall–Kier alpha value is -1.75. The van der Waals surface area contributed by atoms with E-state index in [1.165, 1.54) is 23.5 Å². The number of anilines is 1. The minimum absolute atomic E-state index is 0.0531. The maximum absolute atomic E-state index is 13.1. The van der Waals surface area contributed by atoms with Crippen molar-refractivity contribution < 1.29 is 27.1 Å². The highest BCUT2D eigenvalue weighted by molar-refractivity contribution is 7.88. The molecular weight excluding hydrogens is 401 g/mol. The van der Waals surface area contributed by atoms with E-state index < -0.39 is 33.3 Å². The maximum atomic E-state index is 13.1. The van der Waals surface area contributed by atoms with Crippen LogP contribution in [0.25, 0.3) is 0 Å². The standard InChI is InChI=1S/C16H21ClFN3O5S/c1-26-16(5-7-21(8-6-16)27(2,24)25)10-19-14(22)15(23)20-11-3-4-13(18)12(17)9-11/h3-4,9H,5-8,10H2,1-2H3,(H,19,22)(H,20,23). The molecule has 1 aliphatic rings. The van der Waals surface area contributed by atoms with Crippen molar-refractivity contribution in [1.82, 2.24) is 9.62 Å². The highest BCUT2D eigenvalue weighted by Crippen LogP contribution is 2.26. The number of ether oxygens (including phenoxy) is 1. The van der Waals surface area contributed by atoms with Crippen molar-refractivity contribution in [3.63, 3.8) is 0 Å². The molecule has 0 saturated carbocycles. The molecule has 0 spiro atoms. The first-order valence-corrected chi connectivity index (χ1v) is 10.3. The van der Waals surface area contributed by atoms with Crippen LogP contribution >= 0.6 is 11.6 Å². The van der Waals surface area contributed by atoms with E-state index in [0.717, 1.165) is 12.3 Å². The summed E-state index contributed by atoms with van der Waals surface area (Å²) in [4.78, 5) is 24.0. The van der Waals surface area contributed by atoms with Gasteiger partial charge in [0.05, 0.1) is 16.9 Å². The molecule has 27 heavy (non-hydrogen) atoms. The molecule has 11 heteroatoms. The second-order valence-corrected chi connectivity index (χ2v) is 8.70. The van der Waals surface area contributed by atoms with Crippen LogP contribution in [0, 0.1) is 5.82 Å². The van der Waals surface area contributed by atoms with Crippen LogP contribution in [0.4, 0.5) is 10.1 Å². The number of hydrogen-bond acceptors (Lipinski definition) is 5. The third-order valence-corrected chi connectivity index (χ3v) is 6.08. The average Bonchev–Trinajstić information content (AvgIpc) is 2.62. The second kappa shape index (κ2) is 8.51. The zero-order chi connectivity index (χ0) is 20.2. The quantitative estimate of drug-likeness (QED) is 0.689. The Bertz CT molecular complexity index is 825. The Labute approximate surface area is 162 Å². The van der Waals surface area contributed by atoms with E-state index in [4.69, 9.17) is 16.3 Å². The fourth-order valence-electron chi connectivity index (χ4n) is 2.76. The number of nitrogens with zero attached hydrogens (tertiary/aromatic N) is 1. The zero-order valence-corrected chi connectivity index (χ0v) is 16.5. The van der Waals surface area contributed by atoms with Gasteiger partial charge in [0.1, 0.15) is 5.82 Å². The normalized spacial score (nSPS) is 17.3. The van der Waals surface area contributed by atoms with Gasteiger partial charge in [0.25, 0.3) is 0 Å². The summed E-state index contributed by atoms with van der Waals surface area (Å²) in [6.45, 7) is 0.586. The topological polar surface area (TPSA) is 105 Å². The lowest BCUT2D eigenvalue weighted by atomic mass is 9.92. The largest absolute Gasteiger partial charge is 0.376 e. The number of halogens is 2. The Kier molecular flexibility index (Phi) is 6.79. The monoisotopic (exact) mass is 421 g/mol. The molecule has 0 atom stereocenters. The number of carbonyl (C=O) groups excluding carboxylic acids is 2. The molecule has 1 heterocycles. The summed E-state index contributed by atoms with van der Waals surface area (Å²) in [6, 6.07) is 3.55. The molecule has 0 bridgehead atoms. The van der Waals surface area contributed by atoms with Gasteiger partial charge < -0.3 is 15.4 Å². The van der Waals surface area contributed by atoms with Gasteiger partial charge in [0.15, 0.2) is 0 Å². The first kappa shape index (κ1) is 21.5. The van der Waals surface area contributed by atoms with Crippen molar-refractivity contribution in [2.45, 2.75) is 18.4 Å². The van der Waals surface area contributed by atoms with Gasteiger partial charge in [-0.1, -0.05) is 11.6 Å². The number of hydrogen-bond donors (Lipinski definition) is 2. The van der Waals surface area contributed by atoms with Crippen LogP contribution in [0.5, 0.6) is 0 Å². The summed E-state index contributed by atoms with van der Waals surface area (Å²) in [5.74, 6) is -2.46. The summed E-state index contributed by atoms with van der Waals surface area (Å²) in [7, 11) is -1.81. The second-order valence-electron chi connectivity index (χ2n) is 6.31. The van der Waals surface area contributed by atoms with Crippen molar-refractivity contribution in [1.29, 1.82) is 0 Å². The lowest BCUT2D eigenvalue weighted by Gasteiger charge is -2.39. The van der Waals surface area contributed by atoms with E-state index in [-0.39, 0.29) is 30.3 Å². The Morgan fingerprint density at radius 2 is 1.93 bits per heavy atom. The highest BCUT2D eigenvalue weighted by atomic mass is 35.5. The Balaban J connectivity index is 1.91. The molecule has 1 aromatic carbocycles. The van der Waals surface area contributed by atoms with Crippen molar-refractivity contribution >= 4 is 39.1 Å². The number of amides is 2. The van der Waals surface area contributed by atoms with Gasteiger partial charge in [-0.05, 0) is 31.0 Å². The summed E-state index contributed by atoms with van der Waals surface area (Å²) >= 11 is 5.63. The predicted molar refractivity (Wildman–Crippen MR) is 98.4 cm³/mol. The first-order chi connectivity index (χ1) is 12.6. The van der Waals surface area contributed by atoms with E-state index in [9.17, 15) is 22.4 Å². The number of methoxy groups -OCH3 is 1. The number of nitrogens with one attached hydrogen (secondary N) is 2. The van der Waals surface area contributed by atoms with Crippen LogP contribution in [-0.2, 0) is 24.3 Å². The highest BCUT2D eigenvalue weighted by Gasteiger charge is 2.37. The number of carbonyl (C=O) groups is 2. The van der Waals surface area contributed by atoms with Gasteiger partial charge in [-0.15, -0.1) is 0 Å². The molecule has 1 fully saturated rings. The molecule has 1 saturated heterocycles. The van der Waals surface area contributed by atoms with E-state index in [0.29, 0.717) is 12.8 Å². The van der Waals surface area contributed by atoms with Crippen LogP contribution in [-0.4, -0.2) is 63.1 Å². The van der Waals surface area contributed by atoms with Gasteiger partial charge in [-0.3, -0.25) is 9.59 Å². The lowest BCUT2D eigenvalue weighted by Crippen LogP contribution is -2.54. The van der Waals surface area contributed by atoms with Crippen molar-refractivity contribution in [2.75, 3.05) is 38.3 Å². The van der Waals surface area contributed by atoms with Crippen molar-refractivity contribution in [2.24, 2.45) is 0 Å². The minimum atomic E-state index is -3.28. The van der Waals surface area contributed by atoms with Gasteiger partial charge in [-0.25, -0.2) is 17.1 Å². The molecule has 8 nitrogen and oxygen atoms in total. The molecule has 2 N–H and O–H groups in total. The summed E-state index contributed by atoms with van der Waals surface area (Å²) in [5.41, 5.74) is -0.569. The molecule has 0 aromatic heterocycles. The molecule has 0 unspecified atom stereocenters. The van der Waals surface area contributed by atoms with E-state index in [2.05, 4.69) is 10.6 Å². The van der Waals surface area contributed by atoms with Gasteiger partial charge in [0.2, 0.25) is 10.0 Å². The summed E-state index contributed by atoms with van der Waals surface area (Å²) < 4.78 is 43.1. The van der Waals surface area contributed by atoms with Gasteiger partial charge in [0, 0.05) is 32.4 Å². The van der Waals surface area contributed by atoms with E-state index in [1.807, 2.05) is 0 Å². The van der Waals surface area contributed by atoms with E-state index in [1.54, 1.807) is 0 Å². The summed E-state index contributed by atoms with van der Waals surface area (Å²) in [5, 5.41) is 4.64. The van der Waals surface area contributed by atoms with Crippen LogP contribution in [0.3, 0.4) is 0 Å². The maximum Gasteiger partial charge on any atom is 0.313 e. The SMILES string of the molecule is COC1(CNC(=O)C(=O)Nc2ccc(F)c(Cl)c2)CCN(S(C)(=O)=O)CC1. The lowest BCUT2D eigenvalue weighted by molar-refractivity contribution is -0.137. The van der Waals surface area contributed by atoms with Gasteiger partial charge >= 0.3 is 11.8 Å². The molecular formula is C16H21ClFN3O5S. The minimum Gasteiger partial charge on any atom is -0.376 e. The number of piperidine rings is 1. The summed E-state index contributed by atoms with van der Waals surface area (Å²) in [6.07, 6.45) is 1.90. The molecule has 1 aliphatic heterocycles. The molecule has 2 rings (SSSR count). The Morgan fingerprint density at radius 3 is 2.44 bits per heavy atom. The van der Waals surface area contributed by atoms with Gasteiger partial charge in [-0.2, -0.15) is 0 Å². The van der Waals surface area contributed by atoms with Crippen LogP contribution in [0.1, 0.15) is 12.8 Å². The number of sulfonamides is 1. The smallest absolute Gasteiger partial charge is 0.313 e. The van der Waals surface area contributed by atoms with Crippen LogP contribution < -0.4 is 10.6 Å². The number of benzene rings is 1. The zero-order valence-electron chi connectivity index (χ0n) is 14.9. The van der Waals surface area contributed by atoms with Crippen molar-refractivity contribution in [3.8, 4) is 0 Å². The average molecular weight is 422 g/mol. The fraction of sp³-hybridized carbons (Fsp3) is 0.500. The fourth-order valence-corrected chi connectivity index (χ4v) is 3.79. The molecule has 0 radical (unpaired) electrons. The van der Waals surface area contributed by atoms with Crippen LogP contribution in [0.2, 0.25) is 5.02 Å². The van der Waals surface area contributed by atoms with E-state index >= 15 is 0 Å². The van der Waals surface area contributed by atoms with Crippen LogP contribution in [0.15, 0.2) is 18.2 Å². The third kappa shape index (κ3) is 5.61. The third-order valence-electron chi connectivity index (χ3n) is 4.49. The molecule has 2 amide bonds. The predicted octanol–water partition coefficient (Wildman–Crippen LogP) is 0.974. The molecule has 1 aromatic rings. The van der Waals surface area contributed by atoms with Crippen molar-refractivity contribution in [3.05, 3.63) is 29.0 Å². The molecule has 150 valence electrons.